The Balaban J connectivity index is 3.19. The van der Waals surface area contributed by atoms with E-state index in [1.165, 1.54) is 22.3 Å². The SMILES string of the molecule is Cc1cc(CS)c(CS)cc1C. The fourth-order valence-electron chi connectivity index (χ4n) is 1.23. The molecule has 12 heavy (non-hydrogen) atoms. The van der Waals surface area contributed by atoms with Gasteiger partial charge in [-0.1, -0.05) is 12.1 Å². The standard InChI is InChI=1S/C10H14S2/c1-7-3-9(5-11)10(6-12)4-8(7)2/h3-4,11-12H,5-6H2,1-2H3. The first-order valence-electron chi connectivity index (χ1n) is 3.99. The topological polar surface area (TPSA) is 0 Å². The van der Waals surface area contributed by atoms with Crippen LogP contribution in [0.15, 0.2) is 12.1 Å². The lowest BCUT2D eigenvalue weighted by molar-refractivity contribution is 1.22. The smallest absolute Gasteiger partial charge is 0.0157 e. The van der Waals surface area contributed by atoms with Crippen molar-refractivity contribution in [2.45, 2.75) is 25.4 Å². The fourth-order valence-corrected chi connectivity index (χ4v) is 1.82. The lowest BCUT2D eigenvalue weighted by Gasteiger charge is -2.08. The second-order valence-electron chi connectivity index (χ2n) is 3.02. The largest absolute Gasteiger partial charge is 0.175 e. The van der Waals surface area contributed by atoms with E-state index in [-0.39, 0.29) is 0 Å². The van der Waals surface area contributed by atoms with Crippen molar-refractivity contribution in [2.24, 2.45) is 0 Å². The van der Waals surface area contributed by atoms with E-state index in [0.29, 0.717) is 0 Å². The molecule has 0 heterocycles. The maximum atomic E-state index is 4.28. The fraction of sp³-hybridized carbons (Fsp3) is 0.400. The predicted molar refractivity (Wildman–Crippen MR) is 61.3 cm³/mol. The summed E-state index contributed by atoms with van der Waals surface area (Å²) in [6, 6.07) is 4.40. The second-order valence-corrected chi connectivity index (χ2v) is 3.65. The number of hydrogen-bond acceptors (Lipinski definition) is 2. The molecule has 0 aromatic heterocycles. The minimum Gasteiger partial charge on any atom is -0.175 e. The van der Waals surface area contributed by atoms with Gasteiger partial charge in [-0.2, -0.15) is 25.3 Å². The third-order valence-corrected chi connectivity index (χ3v) is 2.84. The van der Waals surface area contributed by atoms with Crippen LogP contribution < -0.4 is 0 Å². The quantitative estimate of drug-likeness (QED) is 0.670. The van der Waals surface area contributed by atoms with Crippen LogP contribution >= 0.6 is 25.3 Å². The molecule has 0 aliphatic rings. The Morgan fingerprint density at radius 3 is 1.50 bits per heavy atom. The summed E-state index contributed by atoms with van der Waals surface area (Å²) in [5.41, 5.74) is 5.28. The molecule has 0 atom stereocenters. The zero-order valence-electron chi connectivity index (χ0n) is 7.46. The summed E-state index contributed by atoms with van der Waals surface area (Å²) in [5, 5.41) is 0. The molecule has 0 saturated carbocycles. The van der Waals surface area contributed by atoms with Crippen LogP contribution in [0.2, 0.25) is 0 Å². The maximum absolute atomic E-state index is 4.28. The highest BCUT2D eigenvalue weighted by Crippen LogP contribution is 2.19. The van der Waals surface area contributed by atoms with Crippen LogP contribution in [0.25, 0.3) is 0 Å². The van der Waals surface area contributed by atoms with Crippen LogP contribution in [0.3, 0.4) is 0 Å². The average Bonchev–Trinajstić information content (AvgIpc) is 2.09. The van der Waals surface area contributed by atoms with Crippen LogP contribution in [-0.2, 0) is 11.5 Å². The first-order chi connectivity index (χ1) is 5.69. The third-order valence-electron chi connectivity index (χ3n) is 2.16. The molecule has 1 rings (SSSR count). The lowest BCUT2D eigenvalue weighted by atomic mass is 10.0. The Hall–Kier alpha value is -0.0800. The monoisotopic (exact) mass is 198 g/mol. The Kier molecular flexibility index (Phi) is 3.53. The zero-order chi connectivity index (χ0) is 9.14. The minimum atomic E-state index is 0.803. The van der Waals surface area contributed by atoms with Crippen molar-refractivity contribution in [1.82, 2.24) is 0 Å². The number of hydrogen-bond donors (Lipinski definition) is 2. The molecular formula is C10H14S2. The molecule has 0 saturated heterocycles. The van der Waals surface area contributed by atoms with Gasteiger partial charge in [0.15, 0.2) is 0 Å². The molecule has 0 unspecified atom stereocenters. The van der Waals surface area contributed by atoms with Gasteiger partial charge in [0.25, 0.3) is 0 Å². The molecule has 0 aliphatic carbocycles. The van der Waals surface area contributed by atoms with Gasteiger partial charge >= 0.3 is 0 Å². The normalized spacial score (nSPS) is 10.3. The Morgan fingerprint density at radius 2 is 1.25 bits per heavy atom. The summed E-state index contributed by atoms with van der Waals surface area (Å²) in [6.45, 7) is 4.26. The van der Waals surface area contributed by atoms with Crippen LogP contribution in [0.5, 0.6) is 0 Å². The molecule has 2 heteroatoms. The van der Waals surface area contributed by atoms with Crippen LogP contribution in [-0.4, -0.2) is 0 Å². The summed E-state index contributed by atoms with van der Waals surface area (Å²) < 4.78 is 0. The van der Waals surface area contributed by atoms with Crippen molar-refractivity contribution in [1.29, 1.82) is 0 Å². The Labute approximate surface area is 85.2 Å². The van der Waals surface area contributed by atoms with Gasteiger partial charge in [0.1, 0.15) is 0 Å². The van der Waals surface area contributed by atoms with E-state index in [2.05, 4.69) is 51.2 Å². The number of rotatable bonds is 2. The highest BCUT2D eigenvalue weighted by Gasteiger charge is 2.01. The molecule has 0 bridgehead atoms. The van der Waals surface area contributed by atoms with E-state index in [0.717, 1.165) is 11.5 Å². The first-order valence-corrected chi connectivity index (χ1v) is 5.26. The third kappa shape index (κ3) is 1.99. The molecule has 0 N–H and O–H groups in total. The van der Waals surface area contributed by atoms with Gasteiger partial charge in [0.05, 0.1) is 0 Å². The summed E-state index contributed by atoms with van der Waals surface area (Å²) in [5.74, 6) is 1.61. The molecule has 1 aromatic rings. The van der Waals surface area contributed by atoms with Gasteiger partial charge in [-0.05, 0) is 36.1 Å². The molecular weight excluding hydrogens is 184 g/mol. The Morgan fingerprint density at radius 1 is 0.917 bits per heavy atom. The van der Waals surface area contributed by atoms with E-state index in [1.807, 2.05) is 0 Å². The van der Waals surface area contributed by atoms with Crippen molar-refractivity contribution < 1.29 is 0 Å². The van der Waals surface area contributed by atoms with Crippen molar-refractivity contribution in [3.8, 4) is 0 Å². The van der Waals surface area contributed by atoms with Crippen LogP contribution in [0.1, 0.15) is 22.3 Å². The summed E-state index contributed by atoms with van der Waals surface area (Å²) in [7, 11) is 0. The maximum Gasteiger partial charge on any atom is 0.0157 e. The number of aryl methyl sites for hydroxylation is 2. The van der Waals surface area contributed by atoms with Gasteiger partial charge in [-0.25, -0.2) is 0 Å². The van der Waals surface area contributed by atoms with Crippen molar-refractivity contribution in [2.75, 3.05) is 0 Å². The number of thiol groups is 2. The van der Waals surface area contributed by atoms with E-state index >= 15 is 0 Å². The lowest BCUT2D eigenvalue weighted by Crippen LogP contribution is -1.92. The number of benzene rings is 1. The van der Waals surface area contributed by atoms with Crippen molar-refractivity contribution >= 4 is 25.3 Å². The second kappa shape index (κ2) is 4.24. The Bertz CT molecular complexity index is 250. The van der Waals surface area contributed by atoms with Gasteiger partial charge in [0.2, 0.25) is 0 Å². The van der Waals surface area contributed by atoms with E-state index < -0.39 is 0 Å². The molecule has 0 fully saturated rings. The molecule has 66 valence electrons. The molecule has 1 aromatic carbocycles. The van der Waals surface area contributed by atoms with Crippen molar-refractivity contribution in [3.63, 3.8) is 0 Å². The first kappa shape index (κ1) is 10.0. The molecule has 0 nitrogen and oxygen atoms in total. The highest BCUT2D eigenvalue weighted by atomic mass is 32.1. The van der Waals surface area contributed by atoms with E-state index in [4.69, 9.17) is 0 Å². The van der Waals surface area contributed by atoms with Gasteiger partial charge < -0.3 is 0 Å². The molecule has 0 radical (unpaired) electrons. The minimum absolute atomic E-state index is 0.803. The van der Waals surface area contributed by atoms with E-state index in [9.17, 15) is 0 Å². The summed E-state index contributed by atoms with van der Waals surface area (Å²) >= 11 is 8.56. The highest BCUT2D eigenvalue weighted by molar-refractivity contribution is 7.79. The van der Waals surface area contributed by atoms with Gasteiger partial charge in [-0.15, -0.1) is 0 Å². The van der Waals surface area contributed by atoms with Crippen LogP contribution in [0.4, 0.5) is 0 Å². The summed E-state index contributed by atoms with van der Waals surface area (Å²) in [6.07, 6.45) is 0. The molecule has 0 aliphatic heterocycles. The van der Waals surface area contributed by atoms with Crippen LogP contribution in [0, 0.1) is 13.8 Å². The molecule has 0 spiro atoms. The zero-order valence-corrected chi connectivity index (χ0v) is 9.25. The van der Waals surface area contributed by atoms with Crippen molar-refractivity contribution in [3.05, 3.63) is 34.4 Å². The molecule has 0 amide bonds. The van der Waals surface area contributed by atoms with E-state index in [1.54, 1.807) is 0 Å². The summed E-state index contributed by atoms with van der Waals surface area (Å²) in [4.78, 5) is 0. The van der Waals surface area contributed by atoms with Gasteiger partial charge in [0, 0.05) is 11.5 Å². The average molecular weight is 198 g/mol. The predicted octanol–water partition coefficient (Wildman–Crippen LogP) is 3.16. The van der Waals surface area contributed by atoms with Gasteiger partial charge in [-0.3, -0.25) is 0 Å².